The van der Waals surface area contributed by atoms with E-state index in [0.29, 0.717) is 0 Å². The van der Waals surface area contributed by atoms with E-state index >= 15 is 0 Å². The SMILES string of the molecule is FCCCSC1CCNC1. The van der Waals surface area contributed by atoms with Gasteiger partial charge in [0.1, 0.15) is 0 Å². The van der Waals surface area contributed by atoms with Gasteiger partial charge in [-0.05, 0) is 25.1 Å². The molecule has 3 heteroatoms. The van der Waals surface area contributed by atoms with E-state index in [2.05, 4.69) is 5.32 Å². The molecule has 0 aromatic carbocycles. The van der Waals surface area contributed by atoms with Gasteiger partial charge in [-0.3, -0.25) is 4.39 Å². The molecule has 1 fully saturated rings. The summed E-state index contributed by atoms with van der Waals surface area (Å²) in [7, 11) is 0. The van der Waals surface area contributed by atoms with Gasteiger partial charge in [0.05, 0.1) is 6.67 Å². The minimum atomic E-state index is -0.160. The summed E-state index contributed by atoms with van der Waals surface area (Å²) in [4.78, 5) is 0. The van der Waals surface area contributed by atoms with Gasteiger partial charge in [0.15, 0.2) is 0 Å². The molecule has 0 saturated carbocycles. The van der Waals surface area contributed by atoms with E-state index in [1.165, 1.54) is 6.42 Å². The van der Waals surface area contributed by atoms with Gasteiger partial charge in [-0.2, -0.15) is 11.8 Å². The van der Waals surface area contributed by atoms with Crippen LogP contribution in [0.3, 0.4) is 0 Å². The topological polar surface area (TPSA) is 12.0 Å². The number of alkyl halides is 1. The van der Waals surface area contributed by atoms with Crippen LogP contribution in [-0.4, -0.2) is 30.8 Å². The van der Waals surface area contributed by atoms with Crippen molar-refractivity contribution in [2.24, 2.45) is 0 Å². The number of nitrogens with one attached hydrogen (secondary N) is 1. The highest BCUT2D eigenvalue weighted by Gasteiger charge is 2.13. The predicted octanol–water partition coefficient (Wildman–Crippen LogP) is 1.44. The molecule has 0 aliphatic carbocycles. The maximum Gasteiger partial charge on any atom is 0.0902 e. The van der Waals surface area contributed by atoms with Gasteiger partial charge in [0.25, 0.3) is 0 Å². The fourth-order valence-electron chi connectivity index (χ4n) is 1.07. The van der Waals surface area contributed by atoms with Crippen molar-refractivity contribution in [3.05, 3.63) is 0 Å². The zero-order valence-corrected chi connectivity index (χ0v) is 6.92. The molecule has 1 unspecified atom stereocenters. The Morgan fingerprint density at radius 2 is 2.50 bits per heavy atom. The van der Waals surface area contributed by atoms with Crippen molar-refractivity contribution in [2.75, 3.05) is 25.5 Å². The van der Waals surface area contributed by atoms with Crippen LogP contribution in [0.5, 0.6) is 0 Å². The second-order valence-corrected chi connectivity index (χ2v) is 3.94. The number of hydrogen-bond acceptors (Lipinski definition) is 2. The van der Waals surface area contributed by atoms with Crippen LogP contribution in [0.1, 0.15) is 12.8 Å². The lowest BCUT2D eigenvalue weighted by molar-refractivity contribution is 0.489. The first-order valence-electron chi connectivity index (χ1n) is 3.82. The Balaban J connectivity index is 1.91. The van der Waals surface area contributed by atoms with Crippen molar-refractivity contribution in [1.29, 1.82) is 0 Å². The standard InChI is InChI=1S/C7H14FNS/c8-3-1-5-10-7-2-4-9-6-7/h7,9H,1-6H2. The Kier molecular flexibility index (Phi) is 4.14. The van der Waals surface area contributed by atoms with E-state index in [4.69, 9.17) is 0 Å². The molecule has 0 spiro atoms. The molecule has 1 rings (SSSR count). The van der Waals surface area contributed by atoms with Gasteiger partial charge in [-0.1, -0.05) is 0 Å². The molecule has 10 heavy (non-hydrogen) atoms. The third kappa shape index (κ3) is 2.88. The largest absolute Gasteiger partial charge is 0.316 e. The Morgan fingerprint density at radius 1 is 1.60 bits per heavy atom. The van der Waals surface area contributed by atoms with Crippen molar-refractivity contribution in [3.63, 3.8) is 0 Å². The summed E-state index contributed by atoms with van der Waals surface area (Å²) >= 11 is 1.91. The number of hydrogen-bond donors (Lipinski definition) is 1. The monoisotopic (exact) mass is 163 g/mol. The fraction of sp³-hybridized carbons (Fsp3) is 1.00. The van der Waals surface area contributed by atoms with Gasteiger partial charge in [-0.15, -0.1) is 0 Å². The quantitative estimate of drug-likeness (QED) is 0.629. The number of thioether (sulfide) groups is 1. The summed E-state index contributed by atoms with van der Waals surface area (Å²) in [6.45, 7) is 2.11. The first kappa shape index (κ1) is 8.34. The molecule has 0 bridgehead atoms. The van der Waals surface area contributed by atoms with Crippen LogP contribution < -0.4 is 5.32 Å². The zero-order valence-electron chi connectivity index (χ0n) is 6.11. The molecular weight excluding hydrogens is 149 g/mol. The van der Waals surface area contributed by atoms with Crippen molar-refractivity contribution in [3.8, 4) is 0 Å². The van der Waals surface area contributed by atoms with Gasteiger partial charge in [0, 0.05) is 11.8 Å². The molecule has 1 aliphatic rings. The molecule has 1 aliphatic heterocycles. The maximum absolute atomic E-state index is 11.6. The molecule has 1 atom stereocenters. The van der Waals surface area contributed by atoms with Crippen molar-refractivity contribution in [1.82, 2.24) is 5.32 Å². The van der Waals surface area contributed by atoms with Crippen LogP contribution in [0.4, 0.5) is 4.39 Å². The lowest BCUT2D eigenvalue weighted by Gasteiger charge is -2.05. The first-order chi connectivity index (χ1) is 4.93. The lowest BCUT2D eigenvalue weighted by Crippen LogP contribution is -2.10. The highest BCUT2D eigenvalue weighted by atomic mass is 32.2. The van der Waals surface area contributed by atoms with Gasteiger partial charge >= 0.3 is 0 Å². The van der Waals surface area contributed by atoms with Crippen molar-refractivity contribution >= 4 is 11.8 Å². The summed E-state index contributed by atoms with van der Waals surface area (Å²) in [5.74, 6) is 0.989. The van der Waals surface area contributed by atoms with Gasteiger partial charge in [-0.25, -0.2) is 0 Å². The molecule has 0 radical (unpaired) electrons. The minimum Gasteiger partial charge on any atom is -0.316 e. The summed E-state index contributed by atoms with van der Waals surface area (Å²) in [5.41, 5.74) is 0. The average molecular weight is 163 g/mol. The summed E-state index contributed by atoms with van der Waals surface area (Å²) in [5, 5.41) is 4.04. The molecule has 1 N–H and O–H groups in total. The van der Waals surface area contributed by atoms with E-state index < -0.39 is 0 Å². The molecule has 0 amide bonds. The lowest BCUT2D eigenvalue weighted by atomic mass is 10.4. The second-order valence-electron chi connectivity index (χ2n) is 2.53. The third-order valence-electron chi connectivity index (χ3n) is 1.65. The average Bonchev–Trinajstić information content (AvgIpc) is 2.41. The van der Waals surface area contributed by atoms with E-state index in [-0.39, 0.29) is 6.67 Å². The summed E-state index contributed by atoms with van der Waals surface area (Å²) in [6, 6.07) is 0. The van der Waals surface area contributed by atoms with E-state index in [9.17, 15) is 4.39 Å². The Labute approximate surface area is 65.8 Å². The van der Waals surface area contributed by atoms with Crippen molar-refractivity contribution in [2.45, 2.75) is 18.1 Å². The molecule has 60 valence electrons. The fourth-order valence-corrected chi connectivity index (χ4v) is 2.20. The van der Waals surface area contributed by atoms with Crippen LogP contribution in [0.2, 0.25) is 0 Å². The smallest absolute Gasteiger partial charge is 0.0902 e. The first-order valence-corrected chi connectivity index (χ1v) is 4.86. The number of halogens is 1. The molecule has 1 saturated heterocycles. The maximum atomic E-state index is 11.6. The zero-order chi connectivity index (χ0) is 7.23. The van der Waals surface area contributed by atoms with E-state index in [0.717, 1.165) is 30.5 Å². The van der Waals surface area contributed by atoms with E-state index in [1.807, 2.05) is 11.8 Å². The Bertz CT molecular complexity index is 83.7. The molecule has 1 heterocycles. The Hall–Kier alpha value is 0.240. The van der Waals surface area contributed by atoms with Crippen LogP contribution in [0.25, 0.3) is 0 Å². The molecule has 1 nitrogen and oxygen atoms in total. The predicted molar refractivity (Wildman–Crippen MR) is 44.3 cm³/mol. The molecule has 0 aromatic rings. The van der Waals surface area contributed by atoms with Gasteiger partial charge < -0.3 is 5.32 Å². The Morgan fingerprint density at radius 3 is 3.10 bits per heavy atom. The van der Waals surface area contributed by atoms with Crippen LogP contribution in [0.15, 0.2) is 0 Å². The molecular formula is C7H14FNS. The summed E-state index contributed by atoms with van der Waals surface area (Å²) in [6.07, 6.45) is 1.98. The summed E-state index contributed by atoms with van der Waals surface area (Å²) < 4.78 is 11.6. The second kappa shape index (κ2) is 4.97. The van der Waals surface area contributed by atoms with Gasteiger partial charge in [0.2, 0.25) is 0 Å². The highest BCUT2D eigenvalue weighted by Crippen LogP contribution is 2.17. The van der Waals surface area contributed by atoms with Crippen LogP contribution >= 0.6 is 11.8 Å². The van der Waals surface area contributed by atoms with E-state index in [1.54, 1.807) is 0 Å². The third-order valence-corrected chi connectivity index (χ3v) is 3.04. The van der Waals surface area contributed by atoms with Crippen LogP contribution in [-0.2, 0) is 0 Å². The minimum absolute atomic E-state index is 0.160. The normalized spacial score (nSPS) is 25.5. The van der Waals surface area contributed by atoms with Crippen LogP contribution in [0, 0.1) is 0 Å². The molecule has 0 aromatic heterocycles. The highest BCUT2D eigenvalue weighted by molar-refractivity contribution is 7.99. The van der Waals surface area contributed by atoms with Crippen molar-refractivity contribution < 1.29 is 4.39 Å². The number of rotatable bonds is 4.